The fourth-order valence-corrected chi connectivity index (χ4v) is 5.14. The second-order valence-corrected chi connectivity index (χ2v) is 10.1. The van der Waals surface area contributed by atoms with E-state index < -0.39 is 0 Å². The van der Waals surface area contributed by atoms with E-state index >= 15 is 0 Å². The van der Waals surface area contributed by atoms with Crippen LogP contribution in [0, 0.1) is 13.8 Å². The molecule has 0 aliphatic carbocycles. The number of carbonyl (C=O) groups excluding carboxylic acids is 2. The van der Waals surface area contributed by atoms with E-state index in [2.05, 4.69) is 20.5 Å². The standard InChI is InChI=1S/C28H27Cl2N5O4/c1-17-23(25(32-38-17)19-7-3-5-9-21(19)29)27(36)31-11-12-34-13-15-35(16-14-34)28(37)24-18(2)39-33-26(24)20-8-4-6-10-22(20)30/h3-10H,11-16H2,1-2H3,(H,31,36). The van der Waals surface area contributed by atoms with Crippen molar-refractivity contribution in [2.24, 2.45) is 0 Å². The third kappa shape index (κ3) is 5.56. The van der Waals surface area contributed by atoms with Crippen LogP contribution in [0.3, 0.4) is 0 Å². The van der Waals surface area contributed by atoms with Gasteiger partial charge in [-0.1, -0.05) is 69.9 Å². The zero-order valence-electron chi connectivity index (χ0n) is 21.5. The van der Waals surface area contributed by atoms with E-state index in [1.54, 1.807) is 36.9 Å². The number of carbonyl (C=O) groups is 2. The summed E-state index contributed by atoms with van der Waals surface area (Å²) < 4.78 is 10.7. The van der Waals surface area contributed by atoms with Crippen LogP contribution in [-0.2, 0) is 0 Å². The van der Waals surface area contributed by atoms with Gasteiger partial charge < -0.3 is 19.3 Å². The minimum absolute atomic E-state index is 0.133. The van der Waals surface area contributed by atoms with Crippen molar-refractivity contribution in [3.63, 3.8) is 0 Å². The molecule has 2 amide bonds. The van der Waals surface area contributed by atoms with Crippen molar-refractivity contribution >= 4 is 35.0 Å². The van der Waals surface area contributed by atoms with Crippen LogP contribution in [0.4, 0.5) is 0 Å². The van der Waals surface area contributed by atoms with Gasteiger partial charge in [0.15, 0.2) is 0 Å². The van der Waals surface area contributed by atoms with Gasteiger partial charge in [0, 0.05) is 50.4 Å². The van der Waals surface area contributed by atoms with Crippen molar-refractivity contribution in [1.82, 2.24) is 25.4 Å². The zero-order valence-corrected chi connectivity index (χ0v) is 23.1. The molecule has 1 saturated heterocycles. The highest BCUT2D eigenvalue weighted by Gasteiger charge is 2.29. The molecule has 0 radical (unpaired) electrons. The number of hydrogen-bond donors (Lipinski definition) is 1. The Morgan fingerprint density at radius 3 is 1.90 bits per heavy atom. The molecular weight excluding hydrogens is 541 g/mol. The molecule has 5 rings (SSSR count). The minimum atomic E-state index is -0.271. The van der Waals surface area contributed by atoms with Gasteiger partial charge in [-0.25, -0.2) is 0 Å². The van der Waals surface area contributed by atoms with Crippen molar-refractivity contribution < 1.29 is 18.6 Å². The van der Waals surface area contributed by atoms with Gasteiger partial charge in [-0.3, -0.25) is 14.5 Å². The number of aryl methyl sites for hydroxylation is 2. The summed E-state index contributed by atoms with van der Waals surface area (Å²) in [4.78, 5) is 30.4. The van der Waals surface area contributed by atoms with Gasteiger partial charge in [-0.2, -0.15) is 0 Å². The van der Waals surface area contributed by atoms with Crippen LogP contribution in [0.1, 0.15) is 32.2 Å². The molecule has 0 unspecified atom stereocenters. The van der Waals surface area contributed by atoms with Crippen LogP contribution in [0.5, 0.6) is 0 Å². The maximum atomic E-state index is 13.4. The average molecular weight is 568 g/mol. The van der Waals surface area contributed by atoms with Crippen LogP contribution >= 0.6 is 23.2 Å². The molecule has 2 aromatic heterocycles. The summed E-state index contributed by atoms with van der Waals surface area (Å²) in [5, 5.41) is 12.1. The second-order valence-electron chi connectivity index (χ2n) is 9.27. The molecule has 1 N–H and O–H groups in total. The summed E-state index contributed by atoms with van der Waals surface area (Å²) in [6.07, 6.45) is 0. The lowest BCUT2D eigenvalue weighted by atomic mass is 10.0. The van der Waals surface area contributed by atoms with E-state index in [0.717, 1.165) is 0 Å². The molecule has 0 spiro atoms. The first-order valence-corrected chi connectivity index (χ1v) is 13.3. The number of nitrogens with one attached hydrogen (secondary N) is 1. The maximum Gasteiger partial charge on any atom is 0.259 e. The Balaban J connectivity index is 1.17. The van der Waals surface area contributed by atoms with Crippen molar-refractivity contribution in [3.05, 3.63) is 81.2 Å². The van der Waals surface area contributed by atoms with Gasteiger partial charge in [0.1, 0.15) is 34.0 Å². The molecule has 2 aromatic carbocycles. The minimum Gasteiger partial charge on any atom is -0.360 e. The molecular formula is C28H27Cl2N5O4. The lowest BCUT2D eigenvalue weighted by molar-refractivity contribution is 0.0637. The van der Waals surface area contributed by atoms with Gasteiger partial charge in [0.2, 0.25) is 0 Å². The molecule has 1 fully saturated rings. The summed E-state index contributed by atoms with van der Waals surface area (Å²) in [5.41, 5.74) is 2.98. The molecule has 0 bridgehead atoms. The van der Waals surface area contributed by atoms with E-state index in [4.69, 9.17) is 32.2 Å². The predicted molar refractivity (Wildman–Crippen MR) is 148 cm³/mol. The number of amides is 2. The normalized spacial score (nSPS) is 14.0. The molecule has 11 heteroatoms. The number of aromatic nitrogens is 2. The Morgan fingerprint density at radius 1 is 0.821 bits per heavy atom. The smallest absolute Gasteiger partial charge is 0.259 e. The van der Waals surface area contributed by atoms with E-state index in [0.29, 0.717) is 94.5 Å². The predicted octanol–water partition coefficient (Wildman–Crippen LogP) is 5.11. The molecule has 3 heterocycles. The van der Waals surface area contributed by atoms with Gasteiger partial charge in [-0.15, -0.1) is 0 Å². The van der Waals surface area contributed by atoms with E-state index in [1.165, 1.54) is 0 Å². The summed E-state index contributed by atoms with van der Waals surface area (Å²) in [6.45, 7) is 6.93. The topological polar surface area (TPSA) is 105 Å². The average Bonchev–Trinajstić information content (AvgIpc) is 3.51. The van der Waals surface area contributed by atoms with Gasteiger partial charge in [-0.05, 0) is 26.0 Å². The zero-order chi connectivity index (χ0) is 27.5. The summed E-state index contributed by atoms with van der Waals surface area (Å²) in [7, 11) is 0. The van der Waals surface area contributed by atoms with E-state index in [9.17, 15) is 9.59 Å². The lowest BCUT2D eigenvalue weighted by Crippen LogP contribution is -2.50. The van der Waals surface area contributed by atoms with Crippen LogP contribution in [0.15, 0.2) is 57.6 Å². The summed E-state index contributed by atoms with van der Waals surface area (Å²) in [5.74, 6) is 0.481. The van der Waals surface area contributed by atoms with Gasteiger partial charge in [0.05, 0.1) is 10.0 Å². The third-order valence-electron chi connectivity index (χ3n) is 6.80. The Kier molecular flexibility index (Phi) is 8.02. The third-order valence-corrected chi connectivity index (χ3v) is 7.46. The Hall–Kier alpha value is -3.66. The number of piperazine rings is 1. The first-order chi connectivity index (χ1) is 18.8. The van der Waals surface area contributed by atoms with Crippen molar-refractivity contribution in [2.45, 2.75) is 13.8 Å². The first kappa shape index (κ1) is 26.9. The molecule has 202 valence electrons. The van der Waals surface area contributed by atoms with Crippen LogP contribution in [-0.4, -0.2) is 71.2 Å². The number of nitrogens with zero attached hydrogens (tertiary/aromatic N) is 4. The van der Waals surface area contributed by atoms with Crippen LogP contribution < -0.4 is 5.32 Å². The molecule has 0 saturated carbocycles. The summed E-state index contributed by atoms with van der Waals surface area (Å²) >= 11 is 12.7. The second kappa shape index (κ2) is 11.6. The fraction of sp³-hybridized carbons (Fsp3) is 0.286. The highest BCUT2D eigenvalue weighted by Crippen LogP contribution is 2.32. The maximum absolute atomic E-state index is 13.4. The van der Waals surface area contributed by atoms with Crippen LogP contribution in [0.25, 0.3) is 22.5 Å². The molecule has 39 heavy (non-hydrogen) atoms. The fourth-order valence-electron chi connectivity index (χ4n) is 4.69. The van der Waals surface area contributed by atoms with Gasteiger partial charge in [0.25, 0.3) is 11.8 Å². The number of rotatable bonds is 7. The monoisotopic (exact) mass is 567 g/mol. The number of hydrogen-bond acceptors (Lipinski definition) is 7. The Bertz CT molecular complexity index is 1500. The molecule has 9 nitrogen and oxygen atoms in total. The molecule has 4 aromatic rings. The highest BCUT2D eigenvalue weighted by molar-refractivity contribution is 6.33. The van der Waals surface area contributed by atoms with Crippen molar-refractivity contribution in [1.29, 1.82) is 0 Å². The Morgan fingerprint density at radius 2 is 1.33 bits per heavy atom. The first-order valence-electron chi connectivity index (χ1n) is 12.6. The number of benzene rings is 2. The molecule has 1 aliphatic rings. The van der Waals surface area contributed by atoms with Crippen LogP contribution in [0.2, 0.25) is 10.0 Å². The van der Waals surface area contributed by atoms with E-state index in [-0.39, 0.29) is 11.8 Å². The highest BCUT2D eigenvalue weighted by atomic mass is 35.5. The van der Waals surface area contributed by atoms with Crippen molar-refractivity contribution in [3.8, 4) is 22.5 Å². The van der Waals surface area contributed by atoms with Gasteiger partial charge >= 0.3 is 0 Å². The lowest BCUT2D eigenvalue weighted by Gasteiger charge is -2.34. The Labute approximate surface area is 235 Å². The quantitative estimate of drug-likeness (QED) is 0.331. The van der Waals surface area contributed by atoms with Crippen molar-refractivity contribution in [2.75, 3.05) is 39.3 Å². The number of halogens is 2. The molecule has 0 atom stereocenters. The molecule has 1 aliphatic heterocycles. The largest absolute Gasteiger partial charge is 0.360 e. The van der Waals surface area contributed by atoms with E-state index in [1.807, 2.05) is 30.3 Å². The summed E-state index contributed by atoms with van der Waals surface area (Å²) in [6, 6.07) is 14.4. The SMILES string of the molecule is Cc1onc(-c2ccccc2Cl)c1C(=O)NCCN1CCN(C(=O)c2c(-c3ccccc3Cl)noc2C)CC1.